The normalized spacial score (nSPS) is 18.2. The highest BCUT2D eigenvalue weighted by Gasteiger charge is 2.23. The van der Waals surface area contributed by atoms with Crippen molar-refractivity contribution in [1.29, 1.82) is 0 Å². The first kappa shape index (κ1) is 9.56. The van der Waals surface area contributed by atoms with Crippen LogP contribution in [-0.4, -0.2) is 15.8 Å². The Labute approximate surface area is 85.5 Å². The first-order chi connectivity index (χ1) is 6.65. The summed E-state index contributed by atoms with van der Waals surface area (Å²) in [5.74, 6) is 0.981. The molecule has 1 aromatic heterocycles. The maximum absolute atomic E-state index is 4.31. The van der Waals surface area contributed by atoms with Crippen LogP contribution in [0.4, 0.5) is 5.69 Å². The second-order valence-electron chi connectivity index (χ2n) is 4.53. The van der Waals surface area contributed by atoms with Gasteiger partial charge in [0.05, 0.1) is 11.4 Å². The Morgan fingerprint density at radius 3 is 2.86 bits per heavy atom. The molecule has 1 atom stereocenters. The Morgan fingerprint density at radius 2 is 2.36 bits per heavy atom. The van der Waals surface area contributed by atoms with Gasteiger partial charge in [-0.25, -0.2) is 0 Å². The molecule has 3 nitrogen and oxygen atoms in total. The van der Waals surface area contributed by atoms with E-state index in [1.807, 2.05) is 18.7 Å². The highest BCUT2D eigenvalue weighted by atomic mass is 15.3. The minimum absolute atomic E-state index is 0.574. The molecule has 2 rings (SSSR count). The Bertz CT molecular complexity index is 312. The fraction of sp³-hybridized carbons (Fsp3) is 0.727. The zero-order valence-electron chi connectivity index (χ0n) is 9.25. The van der Waals surface area contributed by atoms with Crippen LogP contribution in [0.2, 0.25) is 0 Å². The van der Waals surface area contributed by atoms with E-state index >= 15 is 0 Å². The molecule has 0 bridgehead atoms. The van der Waals surface area contributed by atoms with Crippen LogP contribution >= 0.6 is 0 Å². The average Bonchev–Trinajstić information content (AvgIpc) is 2.81. The Morgan fingerprint density at radius 1 is 1.64 bits per heavy atom. The summed E-state index contributed by atoms with van der Waals surface area (Å²) in [7, 11) is 1.96. The fourth-order valence-corrected chi connectivity index (χ4v) is 1.92. The number of anilines is 1. The molecule has 0 radical (unpaired) electrons. The van der Waals surface area contributed by atoms with Crippen LogP contribution in [0, 0.1) is 12.8 Å². The summed E-state index contributed by atoms with van der Waals surface area (Å²) in [4.78, 5) is 0. The number of aryl methyl sites for hydroxylation is 2. The summed E-state index contributed by atoms with van der Waals surface area (Å²) < 4.78 is 1.86. The van der Waals surface area contributed by atoms with Gasteiger partial charge in [0.2, 0.25) is 0 Å². The monoisotopic (exact) mass is 193 g/mol. The van der Waals surface area contributed by atoms with Crippen molar-refractivity contribution in [1.82, 2.24) is 9.78 Å². The van der Waals surface area contributed by atoms with Gasteiger partial charge in [-0.05, 0) is 26.2 Å². The summed E-state index contributed by atoms with van der Waals surface area (Å²) in [6.07, 6.45) is 6.21. The molecule has 14 heavy (non-hydrogen) atoms. The van der Waals surface area contributed by atoms with E-state index in [1.165, 1.54) is 24.9 Å². The van der Waals surface area contributed by atoms with Gasteiger partial charge < -0.3 is 5.32 Å². The molecule has 0 aliphatic heterocycles. The van der Waals surface area contributed by atoms with E-state index in [0.717, 1.165) is 11.6 Å². The topological polar surface area (TPSA) is 29.9 Å². The van der Waals surface area contributed by atoms with Crippen molar-refractivity contribution in [2.45, 2.75) is 39.2 Å². The van der Waals surface area contributed by atoms with Crippen molar-refractivity contribution in [2.24, 2.45) is 13.0 Å². The third-order valence-electron chi connectivity index (χ3n) is 2.80. The van der Waals surface area contributed by atoms with Crippen molar-refractivity contribution >= 4 is 5.69 Å². The number of rotatable bonds is 4. The Hall–Kier alpha value is -0.990. The van der Waals surface area contributed by atoms with E-state index in [4.69, 9.17) is 0 Å². The zero-order chi connectivity index (χ0) is 10.1. The van der Waals surface area contributed by atoms with Crippen LogP contribution in [0.15, 0.2) is 6.20 Å². The molecule has 1 unspecified atom stereocenters. The molecule has 0 amide bonds. The molecule has 3 heteroatoms. The smallest absolute Gasteiger partial charge is 0.0825 e. The lowest BCUT2D eigenvalue weighted by Crippen LogP contribution is -2.15. The van der Waals surface area contributed by atoms with Gasteiger partial charge >= 0.3 is 0 Å². The van der Waals surface area contributed by atoms with Gasteiger partial charge in [-0.3, -0.25) is 4.68 Å². The van der Waals surface area contributed by atoms with Crippen LogP contribution in [0.5, 0.6) is 0 Å². The van der Waals surface area contributed by atoms with E-state index in [2.05, 4.69) is 23.5 Å². The van der Waals surface area contributed by atoms with Gasteiger partial charge in [0.1, 0.15) is 0 Å². The Kier molecular flexibility index (Phi) is 2.48. The predicted octanol–water partition coefficient (Wildman–Crippen LogP) is 2.33. The van der Waals surface area contributed by atoms with E-state index in [0.29, 0.717) is 6.04 Å². The first-order valence-electron chi connectivity index (χ1n) is 5.42. The summed E-state index contributed by atoms with van der Waals surface area (Å²) in [6, 6.07) is 0.574. The van der Waals surface area contributed by atoms with Crippen molar-refractivity contribution in [2.75, 3.05) is 5.32 Å². The zero-order valence-corrected chi connectivity index (χ0v) is 9.25. The van der Waals surface area contributed by atoms with E-state index in [1.54, 1.807) is 0 Å². The lowest BCUT2D eigenvalue weighted by Gasteiger charge is -2.13. The molecular formula is C11H19N3. The lowest BCUT2D eigenvalue weighted by atomic mass is 10.1. The first-order valence-corrected chi connectivity index (χ1v) is 5.42. The standard InChI is InChI=1S/C11H19N3/c1-8(6-10-4-5-10)12-11-7-14(3)13-9(11)2/h7-8,10,12H,4-6H2,1-3H3. The second kappa shape index (κ2) is 3.64. The third kappa shape index (κ3) is 2.28. The SMILES string of the molecule is Cc1nn(C)cc1NC(C)CC1CC1. The van der Waals surface area contributed by atoms with Crippen LogP contribution in [0.3, 0.4) is 0 Å². The van der Waals surface area contributed by atoms with E-state index in [-0.39, 0.29) is 0 Å². The summed E-state index contributed by atoms with van der Waals surface area (Å²) in [5, 5.41) is 7.83. The number of hydrogen-bond acceptors (Lipinski definition) is 2. The summed E-state index contributed by atoms with van der Waals surface area (Å²) in [5.41, 5.74) is 2.27. The summed E-state index contributed by atoms with van der Waals surface area (Å²) in [6.45, 7) is 4.30. The van der Waals surface area contributed by atoms with Gasteiger partial charge in [0.25, 0.3) is 0 Å². The van der Waals surface area contributed by atoms with Gasteiger partial charge in [0.15, 0.2) is 0 Å². The number of aromatic nitrogens is 2. The molecule has 0 aromatic carbocycles. The van der Waals surface area contributed by atoms with Gasteiger partial charge in [0, 0.05) is 19.3 Å². The maximum Gasteiger partial charge on any atom is 0.0825 e. The molecule has 1 N–H and O–H groups in total. The average molecular weight is 193 g/mol. The highest BCUT2D eigenvalue weighted by molar-refractivity contribution is 5.46. The Balaban J connectivity index is 1.91. The van der Waals surface area contributed by atoms with E-state index < -0.39 is 0 Å². The number of nitrogens with zero attached hydrogens (tertiary/aromatic N) is 2. The molecular weight excluding hydrogens is 174 g/mol. The van der Waals surface area contributed by atoms with Gasteiger partial charge in [-0.2, -0.15) is 5.10 Å². The molecule has 78 valence electrons. The van der Waals surface area contributed by atoms with Crippen LogP contribution in [-0.2, 0) is 7.05 Å². The lowest BCUT2D eigenvalue weighted by molar-refractivity contribution is 0.642. The molecule has 0 saturated heterocycles. The van der Waals surface area contributed by atoms with Gasteiger partial charge in [-0.15, -0.1) is 0 Å². The van der Waals surface area contributed by atoms with Crippen molar-refractivity contribution < 1.29 is 0 Å². The van der Waals surface area contributed by atoms with Crippen LogP contribution in [0.1, 0.15) is 31.9 Å². The number of hydrogen-bond donors (Lipinski definition) is 1. The second-order valence-corrected chi connectivity index (χ2v) is 4.53. The number of nitrogens with one attached hydrogen (secondary N) is 1. The van der Waals surface area contributed by atoms with Crippen LogP contribution < -0.4 is 5.32 Å². The quantitative estimate of drug-likeness (QED) is 0.795. The molecule has 0 spiro atoms. The minimum Gasteiger partial charge on any atom is -0.380 e. The largest absolute Gasteiger partial charge is 0.380 e. The van der Waals surface area contributed by atoms with Crippen molar-refractivity contribution in [3.63, 3.8) is 0 Å². The van der Waals surface area contributed by atoms with Crippen LogP contribution in [0.25, 0.3) is 0 Å². The minimum atomic E-state index is 0.574. The maximum atomic E-state index is 4.31. The molecule has 1 aromatic rings. The predicted molar refractivity (Wildman–Crippen MR) is 58.4 cm³/mol. The van der Waals surface area contributed by atoms with E-state index in [9.17, 15) is 0 Å². The molecule has 1 aliphatic carbocycles. The third-order valence-corrected chi connectivity index (χ3v) is 2.80. The molecule has 1 saturated carbocycles. The van der Waals surface area contributed by atoms with Crippen molar-refractivity contribution in [3.05, 3.63) is 11.9 Å². The molecule has 1 aliphatic rings. The fourth-order valence-electron chi connectivity index (χ4n) is 1.92. The van der Waals surface area contributed by atoms with Gasteiger partial charge in [-0.1, -0.05) is 12.8 Å². The molecule has 1 fully saturated rings. The van der Waals surface area contributed by atoms with Crippen molar-refractivity contribution in [3.8, 4) is 0 Å². The highest BCUT2D eigenvalue weighted by Crippen LogP contribution is 2.34. The molecule has 1 heterocycles. The summed E-state index contributed by atoms with van der Waals surface area (Å²) >= 11 is 0.